The summed E-state index contributed by atoms with van der Waals surface area (Å²) in [7, 11) is 0. The monoisotopic (exact) mass is 349 g/mol. The van der Waals surface area contributed by atoms with Gasteiger partial charge in [-0.2, -0.15) is 0 Å². The third-order valence-electron chi connectivity index (χ3n) is 4.69. The van der Waals surface area contributed by atoms with Crippen LogP contribution < -0.4 is 15.5 Å². The van der Waals surface area contributed by atoms with Crippen LogP contribution in [0.25, 0.3) is 0 Å². The Bertz CT molecular complexity index is 644. The molecular weight excluding hydrogens is 321 g/mol. The van der Waals surface area contributed by atoms with Gasteiger partial charge in [-0.05, 0) is 43.0 Å². The highest BCUT2D eigenvalue weighted by Gasteiger charge is 2.28. The first-order chi connectivity index (χ1) is 12.1. The van der Waals surface area contributed by atoms with Crippen LogP contribution in [-0.2, 0) is 0 Å². The molecule has 6 heteroatoms. The van der Waals surface area contributed by atoms with Crippen molar-refractivity contribution in [2.75, 3.05) is 19.8 Å². The van der Waals surface area contributed by atoms with Crippen LogP contribution in [0.2, 0.25) is 0 Å². The molecule has 0 bridgehead atoms. The van der Waals surface area contributed by atoms with Gasteiger partial charge in [0.1, 0.15) is 30.6 Å². The van der Waals surface area contributed by atoms with Crippen molar-refractivity contribution in [2.45, 2.75) is 31.9 Å². The molecule has 138 valence electrons. The number of nitrogens with one attached hydrogen (secondary N) is 2. The maximum absolute atomic E-state index is 12.4. The van der Waals surface area contributed by atoms with Crippen LogP contribution in [0.5, 0.6) is 5.75 Å². The van der Waals surface area contributed by atoms with E-state index in [1.807, 2.05) is 4.57 Å². The van der Waals surface area contributed by atoms with E-state index < -0.39 is 12.8 Å². The predicted molar refractivity (Wildman–Crippen MR) is 96.0 cm³/mol. The van der Waals surface area contributed by atoms with E-state index in [0.717, 1.165) is 19.4 Å². The van der Waals surface area contributed by atoms with Crippen LogP contribution >= 0.6 is 0 Å². The van der Waals surface area contributed by atoms with Gasteiger partial charge in [-0.15, -0.1) is 0 Å². The fourth-order valence-electron chi connectivity index (χ4n) is 3.27. The molecule has 0 saturated carbocycles. The average molecular weight is 349 g/mol. The fourth-order valence-corrected chi connectivity index (χ4v) is 3.27. The van der Waals surface area contributed by atoms with Crippen molar-refractivity contribution >= 4 is 0 Å². The first-order valence-electron chi connectivity index (χ1n) is 8.69. The molecule has 2 rings (SSSR count). The van der Waals surface area contributed by atoms with Crippen molar-refractivity contribution < 1.29 is 14.2 Å². The second-order valence-corrected chi connectivity index (χ2v) is 6.54. The number of hydrogen-bond donors (Lipinski definition) is 3. The minimum absolute atomic E-state index is 0.0957. The molecule has 1 aliphatic rings. The van der Waals surface area contributed by atoms with E-state index in [9.17, 15) is 9.50 Å². The van der Waals surface area contributed by atoms with Crippen LogP contribution in [0.15, 0.2) is 43.3 Å². The Balaban J connectivity index is 2.20. The van der Waals surface area contributed by atoms with Gasteiger partial charge in [0, 0.05) is 18.8 Å². The van der Waals surface area contributed by atoms with Gasteiger partial charge < -0.3 is 19.7 Å². The van der Waals surface area contributed by atoms with Crippen molar-refractivity contribution in [3.05, 3.63) is 48.7 Å². The van der Waals surface area contributed by atoms with Gasteiger partial charge in [-0.25, -0.2) is 4.39 Å². The zero-order valence-electron chi connectivity index (χ0n) is 14.7. The summed E-state index contributed by atoms with van der Waals surface area (Å²) in [4.78, 5) is 0. The Kier molecular flexibility index (Phi) is 7.25. The zero-order valence-corrected chi connectivity index (χ0v) is 14.7. The summed E-state index contributed by atoms with van der Waals surface area (Å²) in [5.74, 6) is 1.34. The smallest absolute Gasteiger partial charge is 0.135 e. The highest BCUT2D eigenvalue weighted by Crippen LogP contribution is 2.35. The number of pyridine rings is 1. The number of ether oxygens (including phenoxy) is 1. The van der Waals surface area contributed by atoms with Crippen molar-refractivity contribution in [3.63, 3.8) is 0 Å². The first-order valence-corrected chi connectivity index (χ1v) is 8.69. The van der Waals surface area contributed by atoms with Crippen LogP contribution in [0, 0.1) is 17.2 Å². The molecule has 1 heterocycles. The van der Waals surface area contributed by atoms with E-state index in [2.05, 4.69) is 31.0 Å². The van der Waals surface area contributed by atoms with Gasteiger partial charge >= 0.3 is 0 Å². The number of aliphatic hydroxyl groups excluding tert-OH is 1. The number of hydrogen-bond acceptors (Lipinski definition) is 4. The largest absolute Gasteiger partial charge is 0.489 e. The van der Waals surface area contributed by atoms with Crippen LogP contribution in [0.1, 0.15) is 25.8 Å². The van der Waals surface area contributed by atoms with E-state index >= 15 is 0 Å². The van der Waals surface area contributed by atoms with Gasteiger partial charge in [-0.1, -0.05) is 25.7 Å². The molecule has 3 N–H and O–H groups in total. The first kappa shape index (κ1) is 19.2. The quantitative estimate of drug-likeness (QED) is 0.600. The highest BCUT2D eigenvalue weighted by molar-refractivity contribution is 5.18. The number of allylic oxidation sites excluding steroid dienone is 2. The summed E-state index contributed by atoms with van der Waals surface area (Å²) in [5.41, 5.74) is 0.410. The Morgan fingerprint density at radius 1 is 1.48 bits per heavy atom. The van der Waals surface area contributed by atoms with Gasteiger partial charge in [0.2, 0.25) is 0 Å². The molecule has 1 unspecified atom stereocenters. The van der Waals surface area contributed by atoms with Crippen molar-refractivity contribution in [1.82, 2.24) is 9.88 Å². The SMILES string of the molecule is C=CNC[C@@H](C)[C@H]1CC=CC[C@@H]1n1cc(OCC(O)CF)ccc1=N. The molecule has 25 heavy (non-hydrogen) atoms. The van der Waals surface area contributed by atoms with Crippen molar-refractivity contribution in [2.24, 2.45) is 11.8 Å². The number of aromatic nitrogens is 1. The minimum atomic E-state index is -1.13. The fraction of sp³-hybridized carbons (Fsp3) is 0.526. The van der Waals surface area contributed by atoms with Crippen LogP contribution in [-0.4, -0.2) is 35.6 Å². The second kappa shape index (κ2) is 9.42. The van der Waals surface area contributed by atoms with Gasteiger partial charge in [-0.3, -0.25) is 5.41 Å². The topological polar surface area (TPSA) is 70.3 Å². The molecule has 0 aliphatic heterocycles. The lowest BCUT2D eigenvalue weighted by atomic mass is 9.79. The molecule has 1 aromatic heterocycles. The number of nitrogens with zero attached hydrogens (tertiary/aromatic N) is 1. The average Bonchev–Trinajstić information content (AvgIpc) is 2.65. The summed E-state index contributed by atoms with van der Waals surface area (Å²) in [6.07, 6.45) is 8.55. The third kappa shape index (κ3) is 5.19. The molecule has 0 aromatic carbocycles. The second-order valence-electron chi connectivity index (χ2n) is 6.54. The molecule has 0 saturated heterocycles. The molecule has 0 amide bonds. The van der Waals surface area contributed by atoms with E-state index in [-0.39, 0.29) is 12.6 Å². The van der Waals surface area contributed by atoms with Crippen molar-refractivity contribution in [3.8, 4) is 5.75 Å². The Morgan fingerprint density at radius 2 is 2.24 bits per heavy atom. The van der Waals surface area contributed by atoms with E-state index in [0.29, 0.717) is 23.1 Å². The minimum Gasteiger partial charge on any atom is -0.489 e. The summed E-state index contributed by atoms with van der Waals surface area (Å²) in [6.45, 7) is 5.81. The summed E-state index contributed by atoms with van der Waals surface area (Å²) >= 11 is 0. The van der Waals surface area contributed by atoms with Crippen LogP contribution in [0.4, 0.5) is 4.39 Å². The molecular formula is C19H28FN3O2. The van der Waals surface area contributed by atoms with E-state index in [4.69, 9.17) is 10.1 Å². The van der Waals surface area contributed by atoms with Gasteiger partial charge in [0.15, 0.2) is 0 Å². The highest BCUT2D eigenvalue weighted by atomic mass is 19.1. The molecule has 1 aromatic rings. The molecule has 0 radical (unpaired) electrons. The summed E-state index contributed by atoms with van der Waals surface area (Å²) in [6, 6.07) is 3.52. The van der Waals surface area contributed by atoms with Gasteiger partial charge in [0.05, 0.1) is 0 Å². The standard InChI is InChI=1S/C19H28FN3O2/c1-3-22-11-14(2)17-6-4-5-7-18(17)23-12-16(8-9-19(23)21)25-13-15(24)10-20/h3-5,8-9,12,14-15,17-18,21-22,24H,1,6-7,10-11,13H2,2H3/t14-,15?,17-,18+/m1/s1. The lowest BCUT2D eigenvalue weighted by Crippen LogP contribution is -2.35. The molecule has 0 fully saturated rings. The van der Waals surface area contributed by atoms with Gasteiger partial charge in [0.25, 0.3) is 0 Å². The summed E-state index contributed by atoms with van der Waals surface area (Å²) < 4.78 is 19.8. The number of alkyl halides is 1. The molecule has 4 atom stereocenters. The van der Waals surface area contributed by atoms with Crippen LogP contribution in [0.3, 0.4) is 0 Å². The Labute approximate surface area is 148 Å². The predicted octanol–water partition coefficient (Wildman–Crippen LogP) is 2.55. The zero-order chi connectivity index (χ0) is 18.2. The van der Waals surface area contributed by atoms with E-state index in [1.54, 1.807) is 24.5 Å². The lowest BCUT2D eigenvalue weighted by Gasteiger charge is -2.35. The molecule has 5 nitrogen and oxygen atoms in total. The normalized spacial score (nSPS) is 22.2. The molecule has 1 aliphatic carbocycles. The number of aliphatic hydroxyl groups is 1. The molecule has 0 spiro atoms. The maximum Gasteiger partial charge on any atom is 0.135 e. The van der Waals surface area contributed by atoms with E-state index in [1.165, 1.54) is 0 Å². The summed E-state index contributed by atoms with van der Waals surface area (Å²) in [5, 5.41) is 20.8. The van der Waals surface area contributed by atoms with Crippen molar-refractivity contribution in [1.29, 1.82) is 5.41 Å². The Morgan fingerprint density at radius 3 is 2.96 bits per heavy atom. The maximum atomic E-state index is 12.4. The number of rotatable bonds is 9. The third-order valence-corrected chi connectivity index (χ3v) is 4.69. The Hall–Kier alpha value is -2.08. The number of halogens is 1. The lowest BCUT2D eigenvalue weighted by molar-refractivity contribution is 0.0835.